The lowest BCUT2D eigenvalue weighted by atomic mass is 9.91. The van der Waals surface area contributed by atoms with E-state index in [0.29, 0.717) is 22.7 Å². The van der Waals surface area contributed by atoms with Crippen LogP contribution in [0.5, 0.6) is 0 Å². The molecule has 4 amide bonds. The molecule has 6 aromatic carbocycles. The highest BCUT2D eigenvalue weighted by molar-refractivity contribution is 6.17. The Bertz CT molecular complexity index is 1700. The molecule has 0 fully saturated rings. The second-order valence-electron chi connectivity index (χ2n) is 9.31. The summed E-state index contributed by atoms with van der Waals surface area (Å²) in [5.74, 6) is 0. The standard InChI is InChI=1S/C34H26N4O2/c39-33(35-25-13-3-1-4-14-25)37-29-21-19-23-11-7-9-17-27(23)31(29)32-28-18-10-8-12-24(28)20-22-30(32)38-34(40)36-26-15-5-2-6-16-26/h1-22H,(H2,35,37,39)(H2,36,38,40). The highest BCUT2D eigenvalue weighted by Gasteiger charge is 2.19. The van der Waals surface area contributed by atoms with Gasteiger partial charge in [-0.2, -0.15) is 0 Å². The minimum Gasteiger partial charge on any atom is -0.308 e. The van der Waals surface area contributed by atoms with Crippen molar-refractivity contribution in [2.24, 2.45) is 0 Å². The predicted molar refractivity (Wildman–Crippen MR) is 165 cm³/mol. The normalized spacial score (nSPS) is 10.7. The van der Waals surface area contributed by atoms with E-state index in [2.05, 4.69) is 21.3 Å². The van der Waals surface area contributed by atoms with Crippen LogP contribution in [-0.4, -0.2) is 12.1 Å². The molecule has 0 spiro atoms. The Morgan fingerprint density at radius 2 is 0.750 bits per heavy atom. The summed E-state index contributed by atoms with van der Waals surface area (Å²) >= 11 is 0. The first-order valence-corrected chi connectivity index (χ1v) is 13.0. The van der Waals surface area contributed by atoms with Crippen molar-refractivity contribution >= 4 is 56.4 Å². The summed E-state index contributed by atoms with van der Waals surface area (Å²) in [6.07, 6.45) is 0. The molecule has 6 rings (SSSR count). The number of para-hydroxylation sites is 2. The molecule has 40 heavy (non-hydrogen) atoms. The number of amides is 4. The Morgan fingerprint density at radius 1 is 0.375 bits per heavy atom. The third kappa shape index (κ3) is 5.19. The van der Waals surface area contributed by atoms with Crippen molar-refractivity contribution in [3.8, 4) is 11.1 Å². The van der Waals surface area contributed by atoms with Crippen LogP contribution in [-0.2, 0) is 0 Å². The Labute approximate surface area is 231 Å². The van der Waals surface area contributed by atoms with Gasteiger partial charge in [-0.3, -0.25) is 0 Å². The molecule has 0 saturated heterocycles. The summed E-state index contributed by atoms with van der Waals surface area (Å²) in [4.78, 5) is 26.3. The van der Waals surface area contributed by atoms with Crippen molar-refractivity contribution in [2.75, 3.05) is 21.3 Å². The maximum Gasteiger partial charge on any atom is 0.323 e. The lowest BCUT2D eigenvalue weighted by molar-refractivity contribution is 0.261. The molecule has 0 aliphatic heterocycles. The van der Waals surface area contributed by atoms with Crippen LogP contribution < -0.4 is 21.3 Å². The van der Waals surface area contributed by atoms with Crippen molar-refractivity contribution in [1.29, 1.82) is 0 Å². The number of carbonyl (C=O) groups excluding carboxylic acids is 2. The lowest BCUT2D eigenvalue weighted by Gasteiger charge is -2.20. The summed E-state index contributed by atoms with van der Waals surface area (Å²) < 4.78 is 0. The van der Waals surface area contributed by atoms with Gasteiger partial charge in [0.25, 0.3) is 0 Å². The fraction of sp³-hybridized carbons (Fsp3) is 0. The molecule has 0 radical (unpaired) electrons. The zero-order chi connectivity index (χ0) is 27.3. The van der Waals surface area contributed by atoms with Crippen molar-refractivity contribution in [1.82, 2.24) is 0 Å². The van der Waals surface area contributed by atoms with Crippen molar-refractivity contribution in [3.63, 3.8) is 0 Å². The van der Waals surface area contributed by atoms with E-state index in [9.17, 15) is 9.59 Å². The molecular formula is C34H26N4O2. The number of benzene rings is 6. The largest absolute Gasteiger partial charge is 0.323 e. The number of rotatable bonds is 5. The van der Waals surface area contributed by atoms with Crippen molar-refractivity contribution in [3.05, 3.63) is 133 Å². The van der Waals surface area contributed by atoms with Gasteiger partial charge in [-0.25, -0.2) is 9.59 Å². The van der Waals surface area contributed by atoms with E-state index in [1.165, 1.54) is 0 Å². The van der Waals surface area contributed by atoms with Gasteiger partial charge in [-0.1, -0.05) is 97.1 Å². The van der Waals surface area contributed by atoms with Gasteiger partial charge in [0.05, 0.1) is 11.4 Å². The average Bonchev–Trinajstić information content (AvgIpc) is 2.98. The smallest absolute Gasteiger partial charge is 0.308 e. The number of hydrogen-bond donors (Lipinski definition) is 4. The maximum atomic E-state index is 13.1. The summed E-state index contributed by atoms with van der Waals surface area (Å²) in [5, 5.41) is 15.8. The molecule has 6 nitrogen and oxygen atoms in total. The monoisotopic (exact) mass is 522 g/mol. The SMILES string of the molecule is O=C(Nc1ccccc1)Nc1ccc2ccccc2c1-c1c(NC(=O)Nc2ccccc2)ccc2ccccc12. The van der Waals surface area contributed by atoms with Gasteiger partial charge in [0, 0.05) is 22.5 Å². The topological polar surface area (TPSA) is 82.3 Å². The molecule has 0 aromatic heterocycles. The van der Waals surface area contributed by atoms with E-state index in [1.807, 2.05) is 133 Å². The van der Waals surface area contributed by atoms with Crippen LogP contribution in [0.2, 0.25) is 0 Å². The van der Waals surface area contributed by atoms with E-state index in [4.69, 9.17) is 0 Å². The number of urea groups is 2. The van der Waals surface area contributed by atoms with E-state index >= 15 is 0 Å². The van der Waals surface area contributed by atoms with E-state index < -0.39 is 0 Å². The molecule has 0 aliphatic rings. The van der Waals surface area contributed by atoms with Crippen molar-refractivity contribution < 1.29 is 9.59 Å². The minimum atomic E-state index is -0.362. The summed E-state index contributed by atoms with van der Waals surface area (Å²) in [7, 11) is 0. The molecule has 6 aromatic rings. The first-order valence-electron chi connectivity index (χ1n) is 13.0. The molecule has 194 valence electrons. The number of hydrogen-bond acceptors (Lipinski definition) is 2. The van der Waals surface area contributed by atoms with Gasteiger partial charge in [0.2, 0.25) is 0 Å². The second-order valence-corrected chi connectivity index (χ2v) is 9.31. The van der Waals surface area contributed by atoms with Gasteiger partial charge < -0.3 is 21.3 Å². The number of fused-ring (bicyclic) bond motifs is 2. The molecule has 6 heteroatoms. The van der Waals surface area contributed by atoms with Crippen LogP contribution in [0.25, 0.3) is 32.7 Å². The zero-order valence-corrected chi connectivity index (χ0v) is 21.5. The van der Waals surface area contributed by atoms with E-state index in [-0.39, 0.29) is 12.1 Å². The lowest BCUT2D eigenvalue weighted by Crippen LogP contribution is -2.21. The molecule has 0 saturated carbocycles. The first kappa shape index (κ1) is 24.7. The third-order valence-corrected chi connectivity index (χ3v) is 6.67. The van der Waals surface area contributed by atoms with E-state index in [0.717, 1.165) is 32.7 Å². The number of nitrogens with one attached hydrogen (secondary N) is 4. The fourth-order valence-corrected chi connectivity index (χ4v) is 4.90. The molecule has 4 N–H and O–H groups in total. The van der Waals surface area contributed by atoms with Crippen LogP contribution >= 0.6 is 0 Å². The van der Waals surface area contributed by atoms with Gasteiger partial charge in [0.1, 0.15) is 0 Å². The maximum absolute atomic E-state index is 13.1. The Kier molecular flexibility index (Phi) is 6.80. The number of anilines is 4. The third-order valence-electron chi connectivity index (χ3n) is 6.67. The van der Waals surface area contributed by atoms with Gasteiger partial charge in [-0.15, -0.1) is 0 Å². The average molecular weight is 523 g/mol. The second kappa shape index (κ2) is 11.0. The van der Waals surface area contributed by atoms with Crippen LogP contribution in [0.1, 0.15) is 0 Å². The van der Waals surface area contributed by atoms with Crippen LogP contribution in [0.4, 0.5) is 32.3 Å². The first-order chi connectivity index (χ1) is 19.7. The highest BCUT2D eigenvalue weighted by atomic mass is 16.2. The molecule has 0 bridgehead atoms. The molecule has 0 heterocycles. The quantitative estimate of drug-likeness (QED) is 0.182. The minimum absolute atomic E-state index is 0.362. The molecule has 0 aliphatic carbocycles. The zero-order valence-electron chi connectivity index (χ0n) is 21.5. The summed E-state index contributed by atoms with van der Waals surface area (Å²) in [6.45, 7) is 0. The van der Waals surface area contributed by atoms with Crippen LogP contribution in [0.3, 0.4) is 0 Å². The van der Waals surface area contributed by atoms with Crippen LogP contribution in [0.15, 0.2) is 133 Å². The fourth-order valence-electron chi connectivity index (χ4n) is 4.90. The summed E-state index contributed by atoms with van der Waals surface area (Å²) in [6, 6.07) is 41.7. The molecule has 0 unspecified atom stereocenters. The van der Waals surface area contributed by atoms with Gasteiger partial charge >= 0.3 is 12.1 Å². The van der Waals surface area contributed by atoms with Gasteiger partial charge in [0.15, 0.2) is 0 Å². The Balaban J connectivity index is 1.48. The highest BCUT2D eigenvalue weighted by Crippen LogP contribution is 2.43. The summed E-state index contributed by atoms with van der Waals surface area (Å²) in [5.41, 5.74) is 4.24. The van der Waals surface area contributed by atoms with Gasteiger partial charge in [-0.05, 0) is 57.9 Å². The predicted octanol–water partition coefficient (Wildman–Crippen LogP) is 8.95. The molecular weight excluding hydrogens is 496 g/mol. The number of carbonyl (C=O) groups is 2. The Morgan fingerprint density at radius 3 is 1.18 bits per heavy atom. The molecule has 0 atom stereocenters. The Hall–Kier alpha value is -5.62. The van der Waals surface area contributed by atoms with E-state index in [1.54, 1.807) is 0 Å². The van der Waals surface area contributed by atoms with Crippen molar-refractivity contribution in [2.45, 2.75) is 0 Å². The van der Waals surface area contributed by atoms with Crippen LogP contribution in [0, 0.1) is 0 Å².